The Hall–Kier alpha value is -3.09. The van der Waals surface area contributed by atoms with E-state index in [0.29, 0.717) is 0 Å². The van der Waals surface area contributed by atoms with Gasteiger partial charge < -0.3 is 10.1 Å². The number of hydrogen-bond acceptors (Lipinski definition) is 3. The van der Waals surface area contributed by atoms with E-state index in [4.69, 9.17) is 4.74 Å². The van der Waals surface area contributed by atoms with Crippen molar-refractivity contribution in [3.63, 3.8) is 0 Å². The maximum absolute atomic E-state index is 12.9. The van der Waals surface area contributed by atoms with Gasteiger partial charge in [-0.15, -0.1) is 0 Å². The molecule has 0 heterocycles. The number of hydrogen-bond donors (Lipinski definition) is 1. The van der Waals surface area contributed by atoms with Gasteiger partial charge in [-0.1, -0.05) is 42.0 Å². The minimum atomic E-state index is -4.60. The van der Waals surface area contributed by atoms with Crippen LogP contribution in [0.4, 0.5) is 18.9 Å². The van der Waals surface area contributed by atoms with Crippen molar-refractivity contribution in [2.24, 2.45) is 0 Å². The average Bonchev–Trinajstić information content (AvgIpc) is 2.59. The maximum Gasteiger partial charge on any atom is 0.418 e. The molecule has 0 aliphatic heterocycles. The van der Waals surface area contributed by atoms with E-state index in [1.165, 1.54) is 18.2 Å². The van der Waals surface area contributed by atoms with E-state index >= 15 is 0 Å². The zero-order valence-corrected chi connectivity index (χ0v) is 13.8. The summed E-state index contributed by atoms with van der Waals surface area (Å²) in [5.74, 6) is -1.64. The molecule has 0 spiro atoms. The molecule has 0 fully saturated rings. The van der Waals surface area contributed by atoms with Crippen molar-refractivity contribution in [3.8, 4) is 0 Å². The maximum atomic E-state index is 12.9. The number of carbonyl (C=O) groups is 2. The fraction of sp³-hybridized carbons (Fsp3) is 0.158. The van der Waals surface area contributed by atoms with E-state index in [1.807, 2.05) is 19.1 Å². The van der Waals surface area contributed by atoms with Gasteiger partial charge in [0.1, 0.15) is 0 Å². The van der Waals surface area contributed by atoms with Gasteiger partial charge in [0.2, 0.25) is 0 Å². The van der Waals surface area contributed by atoms with Gasteiger partial charge >= 0.3 is 12.1 Å². The van der Waals surface area contributed by atoms with Gasteiger partial charge in [0.15, 0.2) is 6.61 Å². The zero-order valence-electron chi connectivity index (χ0n) is 13.8. The van der Waals surface area contributed by atoms with Crippen LogP contribution in [0.5, 0.6) is 0 Å². The van der Waals surface area contributed by atoms with Crippen LogP contribution in [0.3, 0.4) is 0 Å². The minimum absolute atomic E-state index is 0.392. The molecule has 0 aliphatic carbocycles. The number of alkyl halides is 3. The lowest BCUT2D eigenvalue weighted by Crippen LogP contribution is -2.22. The summed E-state index contributed by atoms with van der Waals surface area (Å²) in [6, 6.07) is 11.9. The normalized spacial score (nSPS) is 11.4. The van der Waals surface area contributed by atoms with Gasteiger partial charge in [0.25, 0.3) is 5.91 Å². The van der Waals surface area contributed by atoms with Crippen molar-refractivity contribution in [1.82, 2.24) is 0 Å². The molecule has 1 amide bonds. The van der Waals surface area contributed by atoms with Crippen LogP contribution < -0.4 is 5.32 Å². The van der Waals surface area contributed by atoms with Gasteiger partial charge in [-0.3, -0.25) is 4.79 Å². The van der Waals surface area contributed by atoms with Gasteiger partial charge in [0.05, 0.1) is 11.3 Å². The van der Waals surface area contributed by atoms with Crippen molar-refractivity contribution in [2.45, 2.75) is 13.1 Å². The van der Waals surface area contributed by atoms with Crippen LogP contribution in [-0.2, 0) is 20.5 Å². The van der Waals surface area contributed by atoms with Crippen molar-refractivity contribution in [3.05, 3.63) is 71.3 Å². The predicted molar refractivity (Wildman–Crippen MR) is 91.2 cm³/mol. The molecule has 7 heteroatoms. The molecule has 0 unspecified atom stereocenters. The van der Waals surface area contributed by atoms with E-state index in [9.17, 15) is 22.8 Å². The summed E-state index contributed by atoms with van der Waals surface area (Å²) in [5.41, 5.74) is 0.479. The molecule has 2 rings (SSSR count). The van der Waals surface area contributed by atoms with E-state index in [1.54, 1.807) is 12.1 Å². The lowest BCUT2D eigenvalue weighted by Gasteiger charge is -2.13. The van der Waals surface area contributed by atoms with Crippen LogP contribution in [0.1, 0.15) is 16.7 Å². The number of anilines is 1. The monoisotopic (exact) mass is 363 g/mol. The fourth-order valence-corrected chi connectivity index (χ4v) is 2.05. The highest BCUT2D eigenvalue weighted by Gasteiger charge is 2.33. The summed E-state index contributed by atoms with van der Waals surface area (Å²) in [6.07, 6.45) is -1.95. The summed E-state index contributed by atoms with van der Waals surface area (Å²) in [6.45, 7) is 1.24. The first-order valence-electron chi connectivity index (χ1n) is 7.63. The van der Waals surface area contributed by atoms with Gasteiger partial charge in [-0.2, -0.15) is 13.2 Å². The third kappa shape index (κ3) is 5.77. The molecule has 1 N–H and O–H groups in total. The van der Waals surface area contributed by atoms with Gasteiger partial charge in [-0.25, -0.2) is 4.79 Å². The van der Waals surface area contributed by atoms with Crippen molar-refractivity contribution in [1.29, 1.82) is 0 Å². The molecule has 0 radical (unpaired) electrons. The number of carbonyl (C=O) groups excluding carboxylic acids is 2. The second kappa shape index (κ2) is 8.33. The second-order valence-electron chi connectivity index (χ2n) is 5.44. The molecule has 0 aromatic heterocycles. The number of esters is 1. The number of nitrogens with one attached hydrogen (secondary N) is 1. The Labute approximate surface area is 148 Å². The Balaban J connectivity index is 1.89. The molecule has 0 bridgehead atoms. The summed E-state index contributed by atoms with van der Waals surface area (Å²) >= 11 is 0. The molecular weight excluding hydrogens is 347 g/mol. The SMILES string of the molecule is Cc1ccc(C=CC(=O)OCC(=O)Nc2ccccc2C(F)(F)F)cc1. The van der Waals surface area contributed by atoms with Gasteiger partial charge in [0, 0.05) is 6.08 Å². The van der Waals surface area contributed by atoms with Crippen molar-refractivity contribution < 1.29 is 27.5 Å². The molecular formula is C19H16F3NO3. The van der Waals surface area contributed by atoms with Crippen molar-refractivity contribution >= 4 is 23.6 Å². The van der Waals surface area contributed by atoms with Crippen molar-refractivity contribution in [2.75, 3.05) is 11.9 Å². The average molecular weight is 363 g/mol. The highest BCUT2D eigenvalue weighted by Crippen LogP contribution is 2.34. The molecule has 0 saturated heterocycles. The molecule has 26 heavy (non-hydrogen) atoms. The fourth-order valence-electron chi connectivity index (χ4n) is 2.05. The van der Waals surface area contributed by atoms with Crippen LogP contribution in [-0.4, -0.2) is 18.5 Å². The smallest absolute Gasteiger partial charge is 0.418 e. The number of amides is 1. The number of halogens is 3. The Morgan fingerprint density at radius 1 is 1.08 bits per heavy atom. The highest BCUT2D eigenvalue weighted by molar-refractivity contribution is 5.95. The van der Waals surface area contributed by atoms with E-state index in [0.717, 1.165) is 29.3 Å². The van der Waals surface area contributed by atoms with Gasteiger partial charge in [-0.05, 0) is 30.7 Å². The number of ether oxygens (including phenoxy) is 1. The number of rotatable bonds is 5. The summed E-state index contributed by atoms with van der Waals surface area (Å²) in [5, 5.41) is 2.09. The Morgan fingerprint density at radius 3 is 2.38 bits per heavy atom. The first-order valence-corrected chi connectivity index (χ1v) is 7.63. The molecule has 0 saturated carbocycles. The van der Waals surface area contributed by atoms with E-state index in [2.05, 4.69) is 5.32 Å². The van der Waals surface area contributed by atoms with Crippen LogP contribution in [0.25, 0.3) is 6.08 Å². The lowest BCUT2D eigenvalue weighted by molar-refractivity contribution is -0.142. The van der Waals surface area contributed by atoms with Crippen LogP contribution in [0.15, 0.2) is 54.6 Å². The largest absolute Gasteiger partial charge is 0.452 e. The third-order valence-corrected chi connectivity index (χ3v) is 3.34. The molecule has 0 atom stereocenters. The Kier molecular flexibility index (Phi) is 6.16. The number of para-hydroxylation sites is 1. The summed E-state index contributed by atoms with van der Waals surface area (Å²) in [7, 11) is 0. The quantitative estimate of drug-likeness (QED) is 0.640. The van der Waals surface area contributed by atoms with E-state index in [-0.39, 0.29) is 0 Å². The molecule has 2 aromatic carbocycles. The molecule has 2 aromatic rings. The summed E-state index contributed by atoms with van der Waals surface area (Å²) < 4.78 is 43.3. The standard InChI is InChI=1S/C19H16F3NO3/c1-13-6-8-14(9-7-13)10-11-18(25)26-12-17(24)23-16-5-3-2-4-15(16)19(20,21)22/h2-11H,12H2,1H3,(H,23,24). The predicted octanol–water partition coefficient (Wildman–Crippen LogP) is 4.21. The Bertz CT molecular complexity index is 812. The van der Waals surface area contributed by atoms with Crippen LogP contribution in [0, 0.1) is 6.92 Å². The first kappa shape index (κ1) is 19.2. The second-order valence-corrected chi connectivity index (χ2v) is 5.44. The number of benzene rings is 2. The topological polar surface area (TPSA) is 55.4 Å². The van der Waals surface area contributed by atoms with Crippen LogP contribution >= 0.6 is 0 Å². The summed E-state index contributed by atoms with van der Waals surface area (Å²) in [4.78, 5) is 23.3. The lowest BCUT2D eigenvalue weighted by atomic mass is 10.1. The minimum Gasteiger partial charge on any atom is -0.452 e. The molecule has 4 nitrogen and oxygen atoms in total. The molecule has 0 aliphatic rings. The van der Waals surface area contributed by atoms with Crippen LogP contribution in [0.2, 0.25) is 0 Å². The van der Waals surface area contributed by atoms with E-state index < -0.39 is 35.9 Å². The number of aryl methyl sites for hydroxylation is 1. The highest BCUT2D eigenvalue weighted by atomic mass is 19.4. The first-order chi connectivity index (χ1) is 12.3. The third-order valence-electron chi connectivity index (χ3n) is 3.34. The molecule has 136 valence electrons. The Morgan fingerprint density at radius 2 is 1.73 bits per heavy atom. The zero-order chi connectivity index (χ0) is 19.2.